The SMILES string of the molecule is Cc1ccc(S(=O)(=O)N2CCN(C)CC2)cc1C(=O)Nc1ccc(F)c(F)c1. The summed E-state index contributed by atoms with van der Waals surface area (Å²) in [6, 6.07) is 7.36. The number of hydrogen-bond donors (Lipinski definition) is 1. The van der Waals surface area contributed by atoms with Crippen LogP contribution in [-0.2, 0) is 10.0 Å². The molecule has 0 aliphatic carbocycles. The number of piperazine rings is 1. The van der Waals surface area contributed by atoms with E-state index in [2.05, 4.69) is 5.32 Å². The quantitative estimate of drug-likeness (QED) is 0.842. The first-order valence-corrected chi connectivity index (χ1v) is 10.2. The molecule has 1 fully saturated rings. The minimum atomic E-state index is -3.73. The summed E-state index contributed by atoms with van der Waals surface area (Å²) < 4.78 is 53.6. The van der Waals surface area contributed by atoms with Gasteiger partial charge in [0.05, 0.1) is 4.90 Å². The first kappa shape index (κ1) is 20.4. The summed E-state index contributed by atoms with van der Waals surface area (Å²) >= 11 is 0. The molecule has 0 bridgehead atoms. The van der Waals surface area contributed by atoms with E-state index in [9.17, 15) is 22.0 Å². The lowest BCUT2D eigenvalue weighted by Gasteiger charge is -2.31. The Morgan fingerprint density at radius 1 is 1.00 bits per heavy atom. The molecule has 0 radical (unpaired) electrons. The molecule has 1 aliphatic rings. The number of halogens is 2. The Hall–Kier alpha value is -2.36. The molecule has 9 heteroatoms. The fourth-order valence-corrected chi connectivity index (χ4v) is 4.40. The number of likely N-dealkylation sites (N-methyl/N-ethyl adjacent to an activating group) is 1. The van der Waals surface area contributed by atoms with E-state index in [1.54, 1.807) is 13.0 Å². The lowest BCUT2D eigenvalue weighted by Crippen LogP contribution is -2.47. The predicted octanol–water partition coefficient (Wildman–Crippen LogP) is 2.46. The van der Waals surface area contributed by atoms with Gasteiger partial charge >= 0.3 is 0 Å². The van der Waals surface area contributed by atoms with Crippen LogP contribution in [0.2, 0.25) is 0 Å². The predicted molar refractivity (Wildman–Crippen MR) is 102 cm³/mol. The molecule has 150 valence electrons. The van der Waals surface area contributed by atoms with Crippen molar-refractivity contribution in [1.29, 1.82) is 0 Å². The van der Waals surface area contributed by atoms with Gasteiger partial charge in [-0.1, -0.05) is 6.07 Å². The maximum atomic E-state index is 13.4. The normalized spacial score (nSPS) is 16.1. The molecule has 2 aromatic rings. The lowest BCUT2D eigenvalue weighted by molar-refractivity contribution is 0.102. The number of anilines is 1. The average molecular weight is 409 g/mol. The summed E-state index contributed by atoms with van der Waals surface area (Å²) in [5.41, 5.74) is 0.799. The van der Waals surface area contributed by atoms with Gasteiger partial charge in [-0.15, -0.1) is 0 Å². The van der Waals surface area contributed by atoms with Crippen molar-refractivity contribution < 1.29 is 22.0 Å². The molecule has 1 saturated heterocycles. The van der Waals surface area contributed by atoms with E-state index in [4.69, 9.17) is 0 Å². The van der Waals surface area contributed by atoms with Crippen LogP contribution in [-0.4, -0.2) is 56.8 Å². The summed E-state index contributed by atoms with van der Waals surface area (Å²) in [6.45, 7) is 3.70. The molecule has 3 rings (SSSR count). The van der Waals surface area contributed by atoms with Gasteiger partial charge < -0.3 is 10.2 Å². The Kier molecular flexibility index (Phi) is 5.78. The van der Waals surface area contributed by atoms with Gasteiger partial charge in [-0.05, 0) is 43.8 Å². The van der Waals surface area contributed by atoms with Crippen molar-refractivity contribution in [1.82, 2.24) is 9.21 Å². The highest BCUT2D eigenvalue weighted by Gasteiger charge is 2.28. The third-order valence-electron chi connectivity index (χ3n) is 4.73. The third-order valence-corrected chi connectivity index (χ3v) is 6.63. The third kappa shape index (κ3) is 4.21. The van der Waals surface area contributed by atoms with Crippen molar-refractivity contribution in [3.63, 3.8) is 0 Å². The number of rotatable bonds is 4. The Balaban J connectivity index is 1.86. The van der Waals surface area contributed by atoms with Gasteiger partial charge in [-0.3, -0.25) is 4.79 Å². The number of aryl methyl sites for hydroxylation is 1. The van der Waals surface area contributed by atoms with E-state index in [-0.39, 0.29) is 16.1 Å². The van der Waals surface area contributed by atoms with Crippen LogP contribution in [0.15, 0.2) is 41.3 Å². The van der Waals surface area contributed by atoms with Gasteiger partial charge in [0.1, 0.15) is 0 Å². The zero-order valence-electron chi connectivity index (χ0n) is 15.6. The van der Waals surface area contributed by atoms with Crippen LogP contribution in [0.3, 0.4) is 0 Å². The number of nitrogens with one attached hydrogen (secondary N) is 1. The van der Waals surface area contributed by atoms with E-state index >= 15 is 0 Å². The van der Waals surface area contributed by atoms with Gasteiger partial charge in [0, 0.05) is 43.5 Å². The molecule has 0 saturated carbocycles. The number of carbonyl (C=O) groups excluding carboxylic acids is 1. The topological polar surface area (TPSA) is 69.7 Å². The number of sulfonamides is 1. The highest BCUT2D eigenvalue weighted by atomic mass is 32.2. The second-order valence-corrected chi connectivity index (χ2v) is 8.71. The molecule has 0 atom stereocenters. The summed E-state index contributed by atoms with van der Waals surface area (Å²) in [5.74, 6) is -2.70. The van der Waals surface area contributed by atoms with Crippen molar-refractivity contribution in [2.75, 3.05) is 38.5 Å². The maximum absolute atomic E-state index is 13.4. The monoisotopic (exact) mass is 409 g/mol. The van der Waals surface area contributed by atoms with Crippen LogP contribution in [0.5, 0.6) is 0 Å². The van der Waals surface area contributed by atoms with Crippen molar-refractivity contribution in [3.8, 4) is 0 Å². The first-order valence-electron chi connectivity index (χ1n) is 8.74. The first-order chi connectivity index (χ1) is 13.2. The van der Waals surface area contributed by atoms with E-state index in [0.29, 0.717) is 31.7 Å². The van der Waals surface area contributed by atoms with E-state index in [0.717, 1.165) is 12.1 Å². The smallest absolute Gasteiger partial charge is 0.255 e. The zero-order chi connectivity index (χ0) is 20.5. The van der Waals surface area contributed by atoms with Crippen LogP contribution >= 0.6 is 0 Å². The van der Waals surface area contributed by atoms with Gasteiger partial charge in [-0.2, -0.15) is 4.31 Å². The Labute approximate surface area is 162 Å². The lowest BCUT2D eigenvalue weighted by atomic mass is 10.1. The van der Waals surface area contributed by atoms with Crippen LogP contribution < -0.4 is 5.32 Å². The van der Waals surface area contributed by atoms with Crippen molar-refractivity contribution in [2.45, 2.75) is 11.8 Å². The molecular weight excluding hydrogens is 388 g/mol. The van der Waals surface area contributed by atoms with E-state index in [1.807, 2.05) is 11.9 Å². The summed E-state index contributed by atoms with van der Waals surface area (Å²) in [4.78, 5) is 14.7. The average Bonchev–Trinajstić information content (AvgIpc) is 2.65. The molecule has 2 aromatic carbocycles. The van der Waals surface area contributed by atoms with Crippen molar-refractivity contribution in [2.24, 2.45) is 0 Å². The molecule has 6 nitrogen and oxygen atoms in total. The number of amides is 1. The van der Waals surface area contributed by atoms with Gasteiger partial charge in [0.15, 0.2) is 11.6 Å². The second-order valence-electron chi connectivity index (χ2n) is 6.77. The fourth-order valence-electron chi connectivity index (χ4n) is 2.96. The van der Waals surface area contributed by atoms with E-state index in [1.165, 1.54) is 22.5 Å². The number of benzene rings is 2. The minimum Gasteiger partial charge on any atom is -0.322 e. The number of carbonyl (C=O) groups is 1. The standard InChI is InChI=1S/C19H21F2N3O3S/c1-13-3-5-15(28(26,27)24-9-7-23(2)8-10-24)12-16(13)19(25)22-14-4-6-17(20)18(21)11-14/h3-6,11-12H,7-10H2,1-2H3,(H,22,25). The summed E-state index contributed by atoms with van der Waals surface area (Å²) in [7, 11) is -1.80. The minimum absolute atomic E-state index is 0.0260. The highest BCUT2D eigenvalue weighted by molar-refractivity contribution is 7.89. The Morgan fingerprint density at radius 3 is 2.32 bits per heavy atom. The molecule has 0 aromatic heterocycles. The van der Waals surface area contributed by atoms with Crippen molar-refractivity contribution >= 4 is 21.6 Å². The fraction of sp³-hybridized carbons (Fsp3) is 0.316. The molecule has 1 aliphatic heterocycles. The maximum Gasteiger partial charge on any atom is 0.255 e. The summed E-state index contributed by atoms with van der Waals surface area (Å²) in [6.07, 6.45) is 0. The Morgan fingerprint density at radius 2 is 1.68 bits per heavy atom. The van der Waals surface area contributed by atoms with Crippen LogP contribution in [0.4, 0.5) is 14.5 Å². The van der Waals surface area contributed by atoms with Gasteiger partial charge in [0.2, 0.25) is 10.0 Å². The van der Waals surface area contributed by atoms with Crippen LogP contribution in [0, 0.1) is 18.6 Å². The molecule has 1 heterocycles. The highest BCUT2D eigenvalue weighted by Crippen LogP contribution is 2.22. The number of hydrogen-bond acceptors (Lipinski definition) is 4. The molecule has 1 amide bonds. The van der Waals surface area contributed by atoms with Crippen LogP contribution in [0.1, 0.15) is 15.9 Å². The van der Waals surface area contributed by atoms with E-state index < -0.39 is 27.6 Å². The molecule has 28 heavy (non-hydrogen) atoms. The zero-order valence-corrected chi connectivity index (χ0v) is 16.4. The molecule has 1 N–H and O–H groups in total. The summed E-state index contributed by atoms with van der Waals surface area (Å²) in [5, 5.41) is 2.47. The van der Waals surface area contributed by atoms with Gasteiger partial charge in [-0.25, -0.2) is 17.2 Å². The van der Waals surface area contributed by atoms with Crippen molar-refractivity contribution in [3.05, 3.63) is 59.2 Å². The van der Waals surface area contributed by atoms with Gasteiger partial charge in [0.25, 0.3) is 5.91 Å². The molecular formula is C19H21F2N3O3S. The largest absolute Gasteiger partial charge is 0.322 e. The molecule has 0 spiro atoms. The second kappa shape index (κ2) is 7.94. The molecule has 0 unspecified atom stereocenters. The Bertz CT molecular complexity index is 1000. The number of nitrogens with zero attached hydrogens (tertiary/aromatic N) is 2. The van der Waals surface area contributed by atoms with Crippen LogP contribution in [0.25, 0.3) is 0 Å².